The number of benzene rings is 1. The summed E-state index contributed by atoms with van der Waals surface area (Å²) < 4.78 is 0. The highest BCUT2D eigenvalue weighted by atomic mass is 16.2. The summed E-state index contributed by atoms with van der Waals surface area (Å²) in [6.07, 6.45) is 4.09. The van der Waals surface area contributed by atoms with Gasteiger partial charge in [0.25, 0.3) is 0 Å². The first-order chi connectivity index (χ1) is 12.9. The molecular formula is C21H28N4O2. The Bertz CT molecular complexity index is 806. The van der Waals surface area contributed by atoms with E-state index < -0.39 is 0 Å². The fraction of sp³-hybridized carbons (Fsp3) is 0.476. The molecule has 0 saturated carbocycles. The number of aromatic amines is 1. The number of rotatable bonds is 5. The zero-order chi connectivity index (χ0) is 19.4. The fourth-order valence-corrected chi connectivity index (χ4v) is 3.86. The topological polar surface area (TPSA) is 78.1 Å². The Hall–Kier alpha value is -2.63. The van der Waals surface area contributed by atoms with Crippen LogP contribution in [0.2, 0.25) is 0 Å². The second-order valence-corrected chi connectivity index (χ2v) is 7.53. The van der Waals surface area contributed by atoms with Crippen LogP contribution in [0.5, 0.6) is 0 Å². The fourth-order valence-electron chi connectivity index (χ4n) is 3.86. The highest BCUT2D eigenvalue weighted by Crippen LogP contribution is 2.34. The average Bonchev–Trinajstić information content (AvgIpc) is 3.11. The first-order valence-electron chi connectivity index (χ1n) is 9.59. The van der Waals surface area contributed by atoms with Gasteiger partial charge in [-0.2, -0.15) is 5.10 Å². The van der Waals surface area contributed by atoms with Crippen LogP contribution >= 0.6 is 0 Å². The van der Waals surface area contributed by atoms with E-state index in [1.807, 2.05) is 18.0 Å². The summed E-state index contributed by atoms with van der Waals surface area (Å²) in [5, 5.41) is 10.2. The molecule has 0 bridgehead atoms. The molecular weight excluding hydrogens is 340 g/mol. The number of hydrogen-bond donors (Lipinski definition) is 2. The molecule has 2 aromatic rings. The van der Waals surface area contributed by atoms with Crippen LogP contribution in [0.3, 0.4) is 0 Å². The van der Waals surface area contributed by atoms with E-state index in [1.165, 1.54) is 23.7 Å². The van der Waals surface area contributed by atoms with Crippen molar-refractivity contribution in [3.8, 4) is 11.1 Å². The van der Waals surface area contributed by atoms with E-state index in [0.717, 1.165) is 31.5 Å². The third kappa shape index (κ3) is 4.76. The van der Waals surface area contributed by atoms with Crippen molar-refractivity contribution in [1.29, 1.82) is 0 Å². The van der Waals surface area contributed by atoms with Gasteiger partial charge in [0.05, 0.1) is 6.20 Å². The summed E-state index contributed by atoms with van der Waals surface area (Å²) in [6.45, 7) is 6.91. The van der Waals surface area contributed by atoms with E-state index in [4.69, 9.17) is 0 Å². The van der Waals surface area contributed by atoms with E-state index in [1.54, 1.807) is 0 Å². The third-order valence-corrected chi connectivity index (χ3v) is 5.18. The molecule has 1 aromatic heterocycles. The van der Waals surface area contributed by atoms with Crippen molar-refractivity contribution in [2.24, 2.45) is 0 Å². The van der Waals surface area contributed by atoms with Gasteiger partial charge >= 0.3 is 0 Å². The maximum Gasteiger partial charge on any atom is 0.224 e. The van der Waals surface area contributed by atoms with Gasteiger partial charge in [0.15, 0.2) is 0 Å². The van der Waals surface area contributed by atoms with Gasteiger partial charge in [-0.15, -0.1) is 0 Å². The van der Waals surface area contributed by atoms with Gasteiger partial charge in [0, 0.05) is 49.7 Å². The smallest absolute Gasteiger partial charge is 0.224 e. The van der Waals surface area contributed by atoms with Gasteiger partial charge in [-0.25, -0.2) is 0 Å². The molecule has 6 nitrogen and oxygen atoms in total. The number of nitrogens with zero attached hydrogens (tertiary/aromatic N) is 2. The number of hydrogen-bond acceptors (Lipinski definition) is 3. The monoisotopic (exact) mass is 368 g/mol. The van der Waals surface area contributed by atoms with Crippen molar-refractivity contribution in [1.82, 2.24) is 20.4 Å². The quantitative estimate of drug-likeness (QED) is 0.852. The Morgan fingerprint density at radius 2 is 2.07 bits per heavy atom. The molecule has 0 aliphatic carbocycles. The summed E-state index contributed by atoms with van der Waals surface area (Å²) in [6, 6.07) is 8.32. The lowest BCUT2D eigenvalue weighted by atomic mass is 9.89. The van der Waals surface area contributed by atoms with Gasteiger partial charge in [-0.3, -0.25) is 14.7 Å². The Morgan fingerprint density at radius 1 is 1.33 bits per heavy atom. The standard InChI is InChI=1S/C21H28N4O2/c1-14-5-4-6-18(11-14)19-13-22-24-21(19)17-7-9-25(10-8-17)20(27)12-15(2)23-16(3)26/h4-6,11,13,15,17H,7-10,12H2,1-3H3,(H,22,24)(H,23,26)/t15-/m1/s1. The molecule has 2 amide bonds. The first kappa shape index (κ1) is 19.1. The van der Waals surface area contributed by atoms with Gasteiger partial charge < -0.3 is 10.2 Å². The van der Waals surface area contributed by atoms with Crippen molar-refractivity contribution >= 4 is 11.8 Å². The molecule has 2 N–H and O–H groups in total. The van der Waals surface area contributed by atoms with E-state index >= 15 is 0 Å². The minimum atomic E-state index is -0.131. The number of aryl methyl sites for hydroxylation is 1. The van der Waals surface area contributed by atoms with Gasteiger partial charge in [-0.05, 0) is 32.3 Å². The Labute approximate surface area is 160 Å². The van der Waals surface area contributed by atoms with E-state index in [0.29, 0.717) is 12.3 Å². The molecule has 0 radical (unpaired) electrons. The zero-order valence-electron chi connectivity index (χ0n) is 16.3. The van der Waals surface area contributed by atoms with Gasteiger partial charge in [-0.1, -0.05) is 29.8 Å². The maximum atomic E-state index is 12.5. The summed E-state index contributed by atoms with van der Waals surface area (Å²) >= 11 is 0. The van der Waals surface area contributed by atoms with Crippen LogP contribution in [0.4, 0.5) is 0 Å². The van der Waals surface area contributed by atoms with Gasteiger partial charge in [0.1, 0.15) is 0 Å². The van der Waals surface area contributed by atoms with Crippen LogP contribution in [0, 0.1) is 6.92 Å². The molecule has 0 spiro atoms. The van der Waals surface area contributed by atoms with Gasteiger partial charge in [0.2, 0.25) is 11.8 Å². The summed E-state index contributed by atoms with van der Waals surface area (Å²) in [5.41, 5.74) is 4.73. The maximum absolute atomic E-state index is 12.5. The SMILES string of the molecule is CC(=O)N[C@H](C)CC(=O)N1CCC(c2[nH]ncc2-c2cccc(C)c2)CC1. The molecule has 1 aliphatic heterocycles. The molecule has 27 heavy (non-hydrogen) atoms. The van der Waals surface area contributed by atoms with Crippen LogP contribution in [0.25, 0.3) is 11.1 Å². The number of carbonyl (C=O) groups excluding carboxylic acids is 2. The van der Waals surface area contributed by atoms with Crippen molar-refractivity contribution < 1.29 is 9.59 Å². The van der Waals surface area contributed by atoms with Crippen LogP contribution in [0.1, 0.15) is 50.3 Å². The first-order valence-corrected chi connectivity index (χ1v) is 9.59. The Kier molecular flexibility index (Phi) is 5.94. The number of amides is 2. The largest absolute Gasteiger partial charge is 0.353 e. The lowest BCUT2D eigenvalue weighted by Crippen LogP contribution is -2.42. The van der Waals surface area contributed by atoms with Crippen molar-refractivity contribution in [3.05, 3.63) is 41.7 Å². The highest BCUT2D eigenvalue weighted by Gasteiger charge is 2.27. The Morgan fingerprint density at radius 3 is 2.74 bits per heavy atom. The number of nitrogens with one attached hydrogen (secondary N) is 2. The van der Waals surface area contributed by atoms with Crippen molar-refractivity contribution in [3.63, 3.8) is 0 Å². The molecule has 1 fully saturated rings. The van der Waals surface area contributed by atoms with Crippen molar-refractivity contribution in [2.45, 2.75) is 52.0 Å². The molecule has 6 heteroatoms. The molecule has 1 aromatic carbocycles. The number of carbonyl (C=O) groups is 2. The molecule has 144 valence electrons. The molecule has 3 rings (SSSR count). The lowest BCUT2D eigenvalue weighted by molar-refractivity contribution is -0.132. The van der Waals surface area contributed by atoms with Crippen molar-refractivity contribution in [2.75, 3.05) is 13.1 Å². The predicted molar refractivity (Wildman–Crippen MR) is 105 cm³/mol. The molecule has 2 heterocycles. The van der Waals surface area contributed by atoms with Crippen LogP contribution < -0.4 is 5.32 Å². The number of H-pyrrole nitrogens is 1. The predicted octanol–water partition coefficient (Wildman–Crippen LogP) is 3.01. The van der Waals surface area contributed by atoms with E-state index in [2.05, 4.69) is 46.7 Å². The Balaban J connectivity index is 1.61. The second kappa shape index (κ2) is 8.37. The highest BCUT2D eigenvalue weighted by molar-refractivity contribution is 5.79. The molecule has 1 atom stereocenters. The van der Waals surface area contributed by atoms with E-state index in [9.17, 15) is 9.59 Å². The number of likely N-dealkylation sites (tertiary alicyclic amines) is 1. The minimum Gasteiger partial charge on any atom is -0.353 e. The van der Waals surface area contributed by atoms with Crippen LogP contribution in [0.15, 0.2) is 30.5 Å². The normalized spacial score (nSPS) is 16.2. The van der Waals surface area contributed by atoms with Crippen LogP contribution in [-0.4, -0.2) is 46.0 Å². The average molecular weight is 368 g/mol. The third-order valence-electron chi connectivity index (χ3n) is 5.18. The lowest BCUT2D eigenvalue weighted by Gasteiger charge is -2.32. The second-order valence-electron chi connectivity index (χ2n) is 7.53. The number of aromatic nitrogens is 2. The summed E-state index contributed by atoms with van der Waals surface area (Å²) in [4.78, 5) is 25.5. The minimum absolute atomic E-state index is 0.100. The molecule has 1 saturated heterocycles. The van der Waals surface area contributed by atoms with E-state index in [-0.39, 0.29) is 17.9 Å². The molecule has 1 aliphatic rings. The molecule has 0 unspecified atom stereocenters. The zero-order valence-corrected chi connectivity index (χ0v) is 16.3. The summed E-state index contributed by atoms with van der Waals surface area (Å²) in [5.74, 6) is 0.384. The van der Waals surface area contributed by atoms with Crippen LogP contribution in [-0.2, 0) is 9.59 Å². The number of piperidine rings is 1. The summed E-state index contributed by atoms with van der Waals surface area (Å²) in [7, 11) is 0.